The maximum absolute atomic E-state index is 13.9. The SMILES string of the molecule is C/C=C1/C(=O)N[C@@H](C(=O)O)[C@H](C)C(=O)N[C@@H](C(C)C)C(=O)N[C@@H](/C=C/C(C)=C/[C@H](C)[C@H](Cc2ccccc2)OC)C(C)C(=O)N[C@@H](C(=O)O)CCC(=O)N1C. The van der Waals surface area contributed by atoms with E-state index in [-0.39, 0.29) is 24.1 Å². The van der Waals surface area contributed by atoms with Crippen LogP contribution in [-0.2, 0) is 44.7 Å². The van der Waals surface area contributed by atoms with Crippen LogP contribution in [0.1, 0.15) is 66.9 Å². The molecule has 15 nitrogen and oxygen atoms in total. The molecule has 1 aliphatic heterocycles. The number of carboxylic acids is 2. The summed E-state index contributed by atoms with van der Waals surface area (Å²) in [5, 5.41) is 30.1. The molecule has 302 valence electrons. The number of nitrogens with zero attached hydrogens (tertiary/aromatic N) is 1. The number of amides is 5. The predicted molar refractivity (Wildman–Crippen MR) is 205 cm³/mol. The summed E-state index contributed by atoms with van der Waals surface area (Å²) in [5.41, 5.74) is 1.66. The highest BCUT2D eigenvalue weighted by Crippen LogP contribution is 2.19. The van der Waals surface area contributed by atoms with Crippen molar-refractivity contribution in [1.29, 1.82) is 0 Å². The first-order valence-electron chi connectivity index (χ1n) is 18.4. The molecule has 1 fully saturated rings. The number of aliphatic carboxylic acids is 2. The van der Waals surface area contributed by atoms with E-state index in [0.29, 0.717) is 6.42 Å². The third kappa shape index (κ3) is 13.5. The maximum atomic E-state index is 13.9. The Kier molecular flexibility index (Phi) is 18.0. The van der Waals surface area contributed by atoms with Gasteiger partial charge in [0.05, 0.1) is 24.0 Å². The van der Waals surface area contributed by atoms with E-state index in [1.807, 2.05) is 50.3 Å². The van der Waals surface area contributed by atoms with Crippen LogP contribution in [0, 0.1) is 23.7 Å². The molecule has 6 N–H and O–H groups in total. The van der Waals surface area contributed by atoms with E-state index in [0.717, 1.165) is 16.0 Å². The Hall–Kier alpha value is -5.31. The Bertz CT molecular complexity index is 1640. The van der Waals surface area contributed by atoms with Crippen molar-refractivity contribution >= 4 is 41.5 Å². The topological polar surface area (TPSA) is 221 Å². The fraction of sp³-hybridized carbons (Fsp3) is 0.525. The number of hydrogen-bond donors (Lipinski definition) is 6. The van der Waals surface area contributed by atoms with Crippen molar-refractivity contribution in [3.63, 3.8) is 0 Å². The molecule has 1 saturated heterocycles. The van der Waals surface area contributed by atoms with Gasteiger partial charge in [0.15, 0.2) is 0 Å². The number of rotatable bonds is 10. The molecule has 0 spiro atoms. The number of ether oxygens (including phenoxy) is 1. The zero-order valence-corrected chi connectivity index (χ0v) is 33.1. The molecule has 1 aliphatic rings. The molecule has 0 bridgehead atoms. The fourth-order valence-corrected chi connectivity index (χ4v) is 6.11. The van der Waals surface area contributed by atoms with Crippen LogP contribution in [0.15, 0.2) is 65.9 Å². The number of nitrogens with one attached hydrogen (secondary N) is 4. The Morgan fingerprint density at radius 2 is 1.53 bits per heavy atom. The first kappa shape index (κ1) is 45.8. The molecular formula is C40H57N5O10. The summed E-state index contributed by atoms with van der Waals surface area (Å²) >= 11 is 0. The van der Waals surface area contributed by atoms with Crippen LogP contribution in [0.4, 0.5) is 0 Å². The van der Waals surface area contributed by atoms with Crippen molar-refractivity contribution < 1.29 is 48.5 Å². The molecule has 15 heteroatoms. The van der Waals surface area contributed by atoms with Gasteiger partial charge in [-0.2, -0.15) is 0 Å². The maximum Gasteiger partial charge on any atom is 0.327 e. The number of carbonyl (C=O) groups excluding carboxylic acids is 5. The van der Waals surface area contributed by atoms with Crippen molar-refractivity contribution in [3.8, 4) is 0 Å². The quantitative estimate of drug-likeness (QED) is 0.151. The molecule has 0 aromatic heterocycles. The highest BCUT2D eigenvalue weighted by molar-refractivity contribution is 6.00. The average Bonchev–Trinajstić information content (AvgIpc) is 3.13. The van der Waals surface area contributed by atoms with Gasteiger partial charge in [0.2, 0.25) is 23.6 Å². The van der Waals surface area contributed by atoms with E-state index in [9.17, 15) is 43.8 Å². The molecular weight excluding hydrogens is 710 g/mol. The molecule has 8 atom stereocenters. The molecule has 5 amide bonds. The monoisotopic (exact) mass is 767 g/mol. The largest absolute Gasteiger partial charge is 0.480 e. The minimum Gasteiger partial charge on any atom is -0.480 e. The standard InChI is InChI=1S/C40H57N5O10/c1-10-30-37(49)44-34(40(53)54)26(7)36(48)43-33(22(2)3)38(50)41-28(25(6)35(47)42-29(39(51)52)18-19-32(46)45(30)8)17-16-23(4)20-24(5)31(55-9)21-27-14-12-11-13-15-27/h10-17,20,22,24-26,28-29,31,33-34H,18-19,21H2,1-9H3,(H,41,50)(H,42,47)(H,43,48)(H,44,49)(H,51,52)(H,53,54)/b17-16+,23-20+,30-10-/t24-,25?,26-,28-,29+,31-,33-,34+/m0/s1. The van der Waals surface area contributed by atoms with Crippen molar-refractivity contribution in [2.75, 3.05) is 14.2 Å². The van der Waals surface area contributed by atoms with Gasteiger partial charge in [-0.3, -0.25) is 24.0 Å². The lowest BCUT2D eigenvalue weighted by Crippen LogP contribution is -2.57. The van der Waals surface area contributed by atoms with Crippen molar-refractivity contribution in [3.05, 3.63) is 71.5 Å². The predicted octanol–water partition coefficient (Wildman–Crippen LogP) is 2.58. The van der Waals surface area contributed by atoms with Gasteiger partial charge in [-0.25, -0.2) is 9.59 Å². The van der Waals surface area contributed by atoms with E-state index in [1.165, 1.54) is 33.9 Å². The van der Waals surface area contributed by atoms with E-state index in [2.05, 4.69) is 21.3 Å². The number of methoxy groups -OCH3 is 1. The van der Waals surface area contributed by atoms with E-state index in [4.69, 9.17) is 4.74 Å². The van der Waals surface area contributed by atoms with E-state index in [1.54, 1.807) is 33.1 Å². The highest BCUT2D eigenvalue weighted by atomic mass is 16.5. The minimum absolute atomic E-state index is 0.0384. The lowest BCUT2D eigenvalue weighted by Gasteiger charge is -2.29. The summed E-state index contributed by atoms with van der Waals surface area (Å²) in [7, 11) is 2.91. The fourth-order valence-electron chi connectivity index (χ4n) is 6.11. The smallest absolute Gasteiger partial charge is 0.327 e. The van der Waals surface area contributed by atoms with Gasteiger partial charge in [0.1, 0.15) is 23.8 Å². The van der Waals surface area contributed by atoms with Crippen LogP contribution >= 0.6 is 0 Å². The Balaban J connectivity index is 2.57. The summed E-state index contributed by atoms with van der Waals surface area (Å²) < 4.78 is 5.78. The van der Waals surface area contributed by atoms with Crippen LogP contribution in [0.3, 0.4) is 0 Å². The molecule has 0 radical (unpaired) electrons. The molecule has 55 heavy (non-hydrogen) atoms. The Labute approximate surface area is 323 Å². The second-order valence-corrected chi connectivity index (χ2v) is 14.3. The van der Waals surface area contributed by atoms with E-state index < -0.39 is 89.8 Å². The average molecular weight is 768 g/mol. The summed E-state index contributed by atoms with van der Waals surface area (Å²) in [4.78, 5) is 92.8. The number of carbonyl (C=O) groups is 7. The van der Waals surface area contributed by atoms with Crippen LogP contribution in [-0.4, -0.2) is 101 Å². The highest BCUT2D eigenvalue weighted by Gasteiger charge is 2.37. The van der Waals surface area contributed by atoms with Crippen LogP contribution in [0.2, 0.25) is 0 Å². The molecule has 1 aromatic carbocycles. The molecule has 1 aromatic rings. The van der Waals surface area contributed by atoms with Crippen molar-refractivity contribution in [1.82, 2.24) is 26.2 Å². The van der Waals surface area contributed by atoms with Gasteiger partial charge in [-0.15, -0.1) is 0 Å². The summed E-state index contributed by atoms with van der Waals surface area (Å²) in [5.74, 6) is -9.82. The third-order valence-corrected chi connectivity index (χ3v) is 9.74. The van der Waals surface area contributed by atoms with Gasteiger partial charge in [0, 0.05) is 26.5 Å². The third-order valence-electron chi connectivity index (χ3n) is 9.74. The lowest BCUT2D eigenvalue weighted by molar-refractivity contribution is -0.146. The number of allylic oxidation sites excluding steroid dienone is 3. The second kappa shape index (κ2) is 21.5. The van der Waals surface area contributed by atoms with Crippen LogP contribution < -0.4 is 21.3 Å². The lowest BCUT2D eigenvalue weighted by atomic mass is 9.94. The number of likely N-dealkylation sites (N-methyl/N-ethyl adjacent to an activating group) is 1. The zero-order chi connectivity index (χ0) is 41.6. The number of benzene rings is 1. The Morgan fingerprint density at radius 1 is 0.909 bits per heavy atom. The number of hydrogen-bond acceptors (Lipinski definition) is 8. The minimum atomic E-state index is -1.75. The summed E-state index contributed by atoms with van der Waals surface area (Å²) in [6, 6.07) is 4.42. The van der Waals surface area contributed by atoms with Gasteiger partial charge in [-0.05, 0) is 38.2 Å². The summed E-state index contributed by atoms with van der Waals surface area (Å²) in [6.45, 7) is 11.4. The van der Waals surface area contributed by atoms with Crippen molar-refractivity contribution in [2.24, 2.45) is 23.7 Å². The first-order valence-corrected chi connectivity index (χ1v) is 18.4. The first-order chi connectivity index (χ1) is 25.8. The normalized spacial score (nSPS) is 26.3. The van der Waals surface area contributed by atoms with Crippen molar-refractivity contribution in [2.45, 2.75) is 98.0 Å². The van der Waals surface area contributed by atoms with E-state index >= 15 is 0 Å². The van der Waals surface area contributed by atoms with Gasteiger partial charge in [0.25, 0.3) is 5.91 Å². The summed E-state index contributed by atoms with van der Waals surface area (Å²) in [6.07, 6.45) is 6.37. The van der Waals surface area contributed by atoms with Crippen LogP contribution in [0.5, 0.6) is 0 Å². The molecule has 0 aliphatic carbocycles. The molecule has 1 unspecified atom stereocenters. The van der Waals surface area contributed by atoms with Gasteiger partial charge >= 0.3 is 11.9 Å². The molecule has 2 rings (SSSR count). The van der Waals surface area contributed by atoms with Crippen LogP contribution in [0.25, 0.3) is 0 Å². The molecule has 0 saturated carbocycles. The Morgan fingerprint density at radius 3 is 2.07 bits per heavy atom. The number of carboxylic acid groups (broad SMARTS) is 2. The zero-order valence-electron chi connectivity index (χ0n) is 33.1. The molecule has 1 heterocycles. The van der Waals surface area contributed by atoms with Gasteiger partial charge < -0.3 is 41.1 Å². The second-order valence-electron chi connectivity index (χ2n) is 14.3. The van der Waals surface area contributed by atoms with Gasteiger partial charge in [-0.1, -0.05) is 94.8 Å².